The van der Waals surface area contributed by atoms with Gasteiger partial charge in [0.1, 0.15) is 17.9 Å². The minimum absolute atomic E-state index is 0.0118. The average molecular weight is 575 g/mol. The van der Waals surface area contributed by atoms with Gasteiger partial charge in [0.25, 0.3) is 11.7 Å². The van der Waals surface area contributed by atoms with Gasteiger partial charge in [0.05, 0.1) is 37.1 Å². The Balaban J connectivity index is 1.59. The molecule has 0 bridgehead atoms. The second kappa shape index (κ2) is 12.8. The third kappa shape index (κ3) is 5.64. The Morgan fingerprint density at radius 1 is 1.14 bits per heavy atom. The number of carbonyl (C=O) groups is 2. The first-order chi connectivity index (χ1) is 20.3. The first-order valence-electron chi connectivity index (χ1n) is 14.4. The number of ketones is 1. The lowest BCUT2D eigenvalue weighted by atomic mass is 9.96. The second-order valence-electron chi connectivity index (χ2n) is 10.5. The van der Waals surface area contributed by atoms with E-state index in [1.54, 1.807) is 29.2 Å². The minimum Gasteiger partial charge on any atom is -0.505 e. The summed E-state index contributed by atoms with van der Waals surface area (Å²) >= 11 is 0. The predicted molar refractivity (Wildman–Crippen MR) is 159 cm³/mol. The van der Waals surface area contributed by atoms with Gasteiger partial charge in [-0.1, -0.05) is 24.8 Å². The number of aromatic nitrogens is 2. The normalized spacial score (nSPS) is 19.0. The summed E-state index contributed by atoms with van der Waals surface area (Å²) in [6, 6.07) is 8.36. The number of nitrogens with zero attached hydrogens (tertiary/aromatic N) is 4. The van der Waals surface area contributed by atoms with Crippen molar-refractivity contribution in [1.29, 1.82) is 0 Å². The molecule has 2 aromatic heterocycles. The monoisotopic (exact) mass is 574 g/mol. The molecule has 3 aromatic rings. The molecule has 2 fully saturated rings. The highest BCUT2D eigenvalue weighted by Crippen LogP contribution is 2.42. The molecule has 1 aromatic carbocycles. The number of fused-ring (bicyclic) bond motifs is 1. The molecule has 2 aliphatic heterocycles. The number of hydrogen-bond acceptors (Lipinski definition) is 8. The molecular weight excluding hydrogens is 536 g/mol. The fourth-order valence-corrected chi connectivity index (χ4v) is 5.65. The number of morpholine rings is 1. The largest absolute Gasteiger partial charge is 0.505 e. The lowest BCUT2D eigenvalue weighted by molar-refractivity contribution is -0.140. The zero-order valence-corrected chi connectivity index (χ0v) is 24.5. The number of carbonyl (C=O) groups excluding carboxylic acids is 2. The molecule has 2 saturated heterocycles. The minimum atomic E-state index is -0.826. The number of likely N-dealkylation sites (tertiary alicyclic amines) is 1. The van der Waals surface area contributed by atoms with Gasteiger partial charge in [-0.2, -0.15) is 0 Å². The van der Waals surface area contributed by atoms with Crippen molar-refractivity contribution in [2.75, 3.05) is 52.6 Å². The number of aliphatic hydroxyl groups excluding tert-OH is 1. The topological polar surface area (TPSA) is 106 Å². The summed E-state index contributed by atoms with van der Waals surface area (Å²) in [6.07, 6.45) is 4.17. The first-order valence-corrected chi connectivity index (χ1v) is 14.4. The van der Waals surface area contributed by atoms with Crippen molar-refractivity contribution < 1.29 is 28.9 Å². The van der Waals surface area contributed by atoms with Crippen LogP contribution in [0, 0.1) is 13.8 Å². The second-order valence-corrected chi connectivity index (χ2v) is 10.5. The first kappa shape index (κ1) is 29.3. The third-order valence-electron chi connectivity index (χ3n) is 7.77. The molecule has 4 heterocycles. The van der Waals surface area contributed by atoms with E-state index < -0.39 is 17.7 Å². The molecule has 0 saturated carbocycles. The Kier molecular flexibility index (Phi) is 8.94. The highest BCUT2D eigenvalue weighted by Gasteiger charge is 2.46. The van der Waals surface area contributed by atoms with Crippen LogP contribution in [-0.2, 0) is 14.3 Å². The van der Waals surface area contributed by atoms with Crippen LogP contribution in [0.5, 0.6) is 11.5 Å². The summed E-state index contributed by atoms with van der Waals surface area (Å²) in [7, 11) is 0. The lowest BCUT2D eigenvalue weighted by Gasteiger charge is -2.29. The molecule has 0 aliphatic carbocycles. The summed E-state index contributed by atoms with van der Waals surface area (Å²) in [5, 5.41) is 11.7. The Bertz CT molecular complexity index is 1520. The number of imidazole rings is 1. The SMILES string of the molecule is C=CCOc1ccc(C2C(=C(O)c3nc4c(C)cccn4c3C)C(=O)C(=O)N2CCCN2CCOCC2)cc1OCC. The fraction of sp³-hybridized carbons (Fsp3) is 0.406. The Labute approximate surface area is 245 Å². The fourth-order valence-electron chi connectivity index (χ4n) is 5.65. The molecule has 1 amide bonds. The van der Waals surface area contributed by atoms with Crippen LogP contribution in [0.25, 0.3) is 11.4 Å². The molecule has 0 spiro atoms. The van der Waals surface area contributed by atoms with Gasteiger partial charge in [-0.25, -0.2) is 4.98 Å². The maximum Gasteiger partial charge on any atom is 0.295 e. The maximum absolute atomic E-state index is 13.7. The number of hydrogen-bond donors (Lipinski definition) is 1. The molecule has 10 heteroatoms. The molecule has 222 valence electrons. The number of aliphatic hydroxyl groups is 1. The maximum atomic E-state index is 13.7. The van der Waals surface area contributed by atoms with E-state index in [1.807, 2.05) is 43.5 Å². The highest BCUT2D eigenvalue weighted by molar-refractivity contribution is 6.46. The standard InChI is InChI=1S/C32H38N4O6/c1-5-17-42-24-11-10-23(20-25(24)41-6-2)28-26(29(37)27-22(4)35-13-7-9-21(3)31(35)33-27)30(38)32(39)36(28)14-8-12-34-15-18-40-19-16-34/h5,7,9-11,13,20,28,37H,1,6,8,12,14-19H2,2-4H3. The van der Waals surface area contributed by atoms with Gasteiger partial charge in [0.15, 0.2) is 17.3 Å². The third-order valence-corrected chi connectivity index (χ3v) is 7.77. The number of rotatable bonds is 11. The lowest BCUT2D eigenvalue weighted by Crippen LogP contribution is -2.39. The molecular formula is C32H38N4O6. The summed E-state index contributed by atoms with van der Waals surface area (Å²) in [5.74, 6) is -0.667. The van der Waals surface area contributed by atoms with Gasteiger partial charge < -0.3 is 28.6 Å². The quantitative estimate of drug-likeness (QED) is 0.158. The van der Waals surface area contributed by atoms with E-state index >= 15 is 0 Å². The van der Waals surface area contributed by atoms with E-state index in [4.69, 9.17) is 14.2 Å². The predicted octanol–water partition coefficient (Wildman–Crippen LogP) is 4.06. The molecule has 1 N–H and O–H groups in total. The van der Waals surface area contributed by atoms with E-state index in [-0.39, 0.29) is 17.0 Å². The van der Waals surface area contributed by atoms with Crippen molar-refractivity contribution in [3.8, 4) is 11.5 Å². The van der Waals surface area contributed by atoms with Gasteiger partial charge in [-0.15, -0.1) is 0 Å². The summed E-state index contributed by atoms with van der Waals surface area (Å²) in [4.78, 5) is 35.7. The van der Waals surface area contributed by atoms with Gasteiger partial charge in [0, 0.05) is 32.4 Å². The van der Waals surface area contributed by atoms with Crippen LogP contribution < -0.4 is 9.47 Å². The number of pyridine rings is 1. The van der Waals surface area contributed by atoms with Crippen LogP contribution in [0.1, 0.15) is 41.9 Å². The summed E-state index contributed by atoms with van der Waals surface area (Å²) in [5.41, 5.74) is 3.20. The number of amides is 1. The van der Waals surface area contributed by atoms with Crippen LogP contribution in [0.2, 0.25) is 0 Å². The molecule has 5 rings (SSSR count). The average Bonchev–Trinajstić information content (AvgIpc) is 3.47. The molecule has 10 nitrogen and oxygen atoms in total. The van der Waals surface area contributed by atoms with Crippen LogP contribution in [0.4, 0.5) is 0 Å². The number of aryl methyl sites for hydroxylation is 2. The van der Waals surface area contributed by atoms with Gasteiger partial charge in [0.2, 0.25) is 0 Å². The Morgan fingerprint density at radius 2 is 1.93 bits per heavy atom. The van der Waals surface area contributed by atoms with Crippen LogP contribution >= 0.6 is 0 Å². The van der Waals surface area contributed by atoms with Crippen molar-refractivity contribution in [1.82, 2.24) is 19.2 Å². The van der Waals surface area contributed by atoms with E-state index in [9.17, 15) is 14.7 Å². The summed E-state index contributed by atoms with van der Waals surface area (Å²) in [6.45, 7) is 14.2. The highest BCUT2D eigenvalue weighted by atomic mass is 16.5. The van der Waals surface area contributed by atoms with Crippen molar-refractivity contribution in [3.05, 3.63) is 77.3 Å². The van der Waals surface area contributed by atoms with Crippen molar-refractivity contribution in [2.24, 2.45) is 0 Å². The Morgan fingerprint density at radius 3 is 2.64 bits per heavy atom. The molecule has 1 atom stereocenters. The van der Waals surface area contributed by atoms with Crippen molar-refractivity contribution >= 4 is 23.1 Å². The van der Waals surface area contributed by atoms with Gasteiger partial charge in [-0.3, -0.25) is 14.5 Å². The van der Waals surface area contributed by atoms with Gasteiger partial charge in [-0.05, 0) is 56.5 Å². The molecule has 42 heavy (non-hydrogen) atoms. The molecule has 2 aliphatic rings. The smallest absolute Gasteiger partial charge is 0.295 e. The zero-order valence-electron chi connectivity index (χ0n) is 24.5. The zero-order chi connectivity index (χ0) is 29.8. The van der Waals surface area contributed by atoms with E-state index in [2.05, 4.69) is 16.5 Å². The van der Waals surface area contributed by atoms with E-state index in [0.29, 0.717) is 67.8 Å². The summed E-state index contributed by atoms with van der Waals surface area (Å²) < 4.78 is 19.0. The number of ether oxygens (including phenoxy) is 3. The van der Waals surface area contributed by atoms with Crippen LogP contribution in [0.15, 0.2) is 54.8 Å². The van der Waals surface area contributed by atoms with Crippen LogP contribution in [0.3, 0.4) is 0 Å². The number of benzene rings is 1. The molecule has 0 radical (unpaired) electrons. The van der Waals surface area contributed by atoms with E-state index in [1.165, 1.54) is 0 Å². The van der Waals surface area contributed by atoms with Crippen molar-refractivity contribution in [2.45, 2.75) is 33.2 Å². The van der Waals surface area contributed by atoms with Crippen molar-refractivity contribution in [3.63, 3.8) is 0 Å². The van der Waals surface area contributed by atoms with Gasteiger partial charge >= 0.3 is 0 Å². The number of Topliss-reactive ketones (excluding diaryl/α,β-unsaturated/α-hetero) is 1. The molecule has 1 unspecified atom stereocenters. The van der Waals surface area contributed by atoms with Crippen LogP contribution in [-0.4, -0.2) is 88.6 Å². The Hall–Kier alpha value is -4.15. The van der Waals surface area contributed by atoms with E-state index in [0.717, 1.165) is 25.2 Å².